The lowest BCUT2D eigenvalue weighted by Gasteiger charge is -2.12. The number of nitrogens with one attached hydrogen (secondary N) is 2. The molecule has 1 aromatic carbocycles. The highest BCUT2D eigenvalue weighted by atomic mass is 16.5. The Morgan fingerprint density at radius 2 is 1.96 bits per heavy atom. The van der Waals surface area contributed by atoms with Crippen molar-refractivity contribution >= 4 is 5.91 Å². The Balaban J connectivity index is 2.09. The van der Waals surface area contributed by atoms with Gasteiger partial charge in [0.15, 0.2) is 11.5 Å². The van der Waals surface area contributed by atoms with Crippen LogP contribution in [0.4, 0.5) is 0 Å². The minimum absolute atomic E-state index is 0.164. The number of aromatic amines is 1. The third-order valence-corrected chi connectivity index (χ3v) is 4.10. The van der Waals surface area contributed by atoms with Gasteiger partial charge in [0.25, 0.3) is 11.5 Å². The first-order chi connectivity index (χ1) is 12.5. The zero-order chi connectivity index (χ0) is 19.1. The lowest BCUT2D eigenvalue weighted by atomic mass is 10.1. The smallest absolute Gasteiger partial charge is 0.253 e. The Hall–Kier alpha value is -2.76. The standard InChI is InChI=1S/C20H26N2O4/c1-5-6-9-26-17-8-7-15(11-18(17)25-4)19(23)21-12-16-13(2)10-14(3)22-20(16)24/h7-8,10-11H,5-6,9,12H2,1-4H3,(H,21,23)(H,22,24). The highest BCUT2D eigenvalue weighted by molar-refractivity contribution is 5.94. The fourth-order valence-electron chi connectivity index (χ4n) is 2.63. The number of carbonyl (C=O) groups is 1. The molecular weight excluding hydrogens is 332 g/mol. The van der Waals surface area contributed by atoms with E-state index in [1.54, 1.807) is 25.3 Å². The fourth-order valence-corrected chi connectivity index (χ4v) is 2.63. The first-order valence-electron chi connectivity index (χ1n) is 8.74. The molecule has 6 heteroatoms. The molecule has 0 aliphatic carbocycles. The van der Waals surface area contributed by atoms with Gasteiger partial charge in [-0.25, -0.2) is 0 Å². The topological polar surface area (TPSA) is 80.4 Å². The number of pyridine rings is 1. The van der Waals surface area contributed by atoms with Gasteiger partial charge in [0.05, 0.1) is 13.7 Å². The number of hydrogen-bond acceptors (Lipinski definition) is 4. The molecule has 0 saturated heterocycles. The van der Waals surface area contributed by atoms with Gasteiger partial charge >= 0.3 is 0 Å². The summed E-state index contributed by atoms with van der Waals surface area (Å²) in [6.45, 7) is 6.54. The van der Waals surface area contributed by atoms with E-state index in [0.29, 0.717) is 29.2 Å². The first-order valence-corrected chi connectivity index (χ1v) is 8.74. The maximum atomic E-state index is 12.4. The second-order valence-corrected chi connectivity index (χ2v) is 6.19. The average molecular weight is 358 g/mol. The predicted octanol–water partition coefficient (Wildman–Crippen LogP) is 3.11. The van der Waals surface area contributed by atoms with Gasteiger partial charge in [-0.2, -0.15) is 0 Å². The fraction of sp³-hybridized carbons (Fsp3) is 0.400. The summed E-state index contributed by atoms with van der Waals surface area (Å²) in [4.78, 5) is 27.2. The van der Waals surface area contributed by atoms with Crippen LogP contribution in [0.2, 0.25) is 0 Å². The molecule has 6 nitrogen and oxygen atoms in total. The van der Waals surface area contributed by atoms with Crippen LogP contribution in [-0.2, 0) is 6.54 Å². The van der Waals surface area contributed by atoms with E-state index in [1.807, 2.05) is 19.9 Å². The average Bonchev–Trinajstić information content (AvgIpc) is 2.61. The summed E-state index contributed by atoms with van der Waals surface area (Å²) in [5.41, 5.74) is 2.47. The van der Waals surface area contributed by atoms with E-state index in [2.05, 4.69) is 17.2 Å². The molecule has 0 aliphatic heterocycles. The molecule has 0 fully saturated rings. The van der Waals surface area contributed by atoms with Crippen molar-refractivity contribution in [2.24, 2.45) is 0 Å². The summed E-state index contributed by atoms with van der Waals surface area (Å²) < 4.78 is 11.0. The number of hydrogen-bond donors (Lipinski definition) is 2. The third kappa shape index (κ3) is 4.88. The van der Waals surface area contributed by atoms with Crippen LogP contribution in [0.5, 0.6) is 11.5 Å². The predicted molar refractivity (Wildman–Crippen MR) is 101 cm³/mol. The molecule has 0 saturated carbocycles. The number of aromatic nitrogens is 1. The van der Waals surface area contributed by atoms with Crippen molar-refractivity contribution in [3.8, 4) is 11.5 Å². The van der Waals surface area contributed by atoms with Crippen LogP contribution >= 0.6 is 0 Å². The van der Waals surface area contributed by atoms with Gasteiger partial charge in [0, 0.05) is 23.4 Å². The van der Waals surface area contributed by atoms with Gasteiger partial charge in [-0.1, -0.05) is 13.3 Å². The largest absolute Gasteiger partial charge is 0.493 e. The maximum Gasteiger partial charge on any atom is 0.253 e. The molecule has 2 N–H and O–H groups in total. The molecule has 0 aliphatic rings. The van der Waals surface area contributed by atoms with Crippen molar-refractivity contribution in [1.82, 2.24) is 10.3 Å². The van der Waals surface area contributed by atoms with Crippen LogP contribution in [0.1, 0.15) is 46.9 Å². The van der Waals surface area contributed by atoms with Crippen LogP contribution < -0.4 is 20.3 Å². The minimum atomic E-state index is -0.275. The molecule has 2 aromatic rings. The second kappa shape index (κ2) is 9.08. The van der Waals surface area contributed by atoms with Gasteiger partial charge < -0.3 is 19.8 Å². The van der Waals surface area contributed by atoms with E-state index < -0.39 is 0 Å². The summed E-state index contributed by atoms with van der Waals surface area (Å²) in [7, 11) is 1.54. The van der Waals surface area contributed by atoms with E-state index in [-0.39, 0.29) is 18.0 Å². The van der Waals surface area contributed by atoms with Crippen molar-refractivity contribution in [3.05, 3.63) is 57.0 Å². The van der Waals surface area contributed by atoms with Crippen molar-refractivity contribution in [2.45, 2.75) is 40.2 Å². The molecule has 26 heavy (non-hydrogen) atoms. The Kier molecular flexibility index (Phi) is 6.83. The molecule has 0 bridgehead atoms. The summed E-state index contributed by atoms with van der Waals surface area (Å²) in [5.74, 6) is 0.851. The first kappa shape index (κ1) is 19.6. The number of methoxy groups -OCH3 is 1. The molecule has 140 valence electrons. The monoisotopic (exact) mass is 358 g/mol. The van der Waals surface area contributed by atoms with Crippen LogP contribution in [0.3, 0.4) is 0 Å². The SMILES string of the molecule is CCCCOc1ccc(C(=O)NCc2c(C)cc(C)[nH]c2=O)cc1OC. The molecule has 0 atom stereocenters. The summed E-state index contributed by atoms with van der Waals surface area (Å²) >= 11 is 0. The van der Waals surface area contributed by atoms with Gasteiger partial charge in [-0.3, -0.25) is 9.59 Å². The zero-order valence-electron chi connectivity index (χ0n) is 15.8. The van der Waals surface area contributed by atoms with E-state index in [1.165, 1.54) is 0 Å². The van der Waals surface area contributed by atoms with Gasteiger partial charge in [0.1, 0.15) is 0 Å². The lowest BCUT2D eigenvalue weighted by Crippen LogP contribution is -2.27. The van der Waals surface area contributed by atoms with Gasteiger partial charge in [-0.15, -0.1) is 0 Å². The molecule has 2 rings (SSSR count). The summed E-state index contributed by atoms with van der Waals surface area (Å²) in [6, 6.07) is 6.94. The Bertz CT molecular complexity index is 827. The van der Waals surface area contributed by atoms with Crippen LogP contribution in [0.15, 0.2) is 29.1 Å². The van der Waals surface area contributed by atoms with E-state index >= 15 is 0 Å². The number of unbranched alkanes of at least 4 members (excludes halogenated alkanes) is 1. The van der Waals surface area contributed by atoms with Crippen LogP contribution in [-0.4, -0.2) is 24.6 Å². The second-order valence-electron chi connectivity index (χ2n) is 6.19. The lowest BCUT2D eigenvalue weighted by molar-refractivity contribution is 0.0950. The molecule has 0 spiro atoms. The normalized spacial score (nSPS) is 10.5. The molecular formula is C20H26N2O4. The Morgan fingerprint density at radius 1 is 1.19 bits per heavy atom. The number of carbonyl (C=O) groups excluding carboxylic acids is 1. The summed E-state index contributed by atoms with van der Waals surface area (Å²) in [6.07, 6.45) is 2.00. The van der Waals surface area contributed by atoms with Crippen LogP contribution in [0, 0.1) is 13.8 Å². The summed E-state index contributed by atoms with van der Waals surface area (Å²) in [5, 5.41) is 2.78. The number of aryl methyl sites for hydroxylation is 2. The van der Waals surface area contributed by atoms with Crippen molar-refractivity contribution in [3.63, 3.8) is 0 Å². The maximum absolute atomic E-state index is 12.4. The number of benzene rings is 1. The zero-order valence-corrected chi connectivity index (χ0v) is 15.8. The van der Waals surface area contributed by atoms with Crippen molar-refractivity contribution in [1.29, 1.82) is 0 Å². The molecule has 0 radical (unpaired) electrons. The number of rotatable bonds is 8. The highest BCUT2D eigenvalue weighted by Crippen LogP contribution is 2.28. The van der Waals surface area contributed by atoms with E-state index in [9.17, 15) is 9.59 Å². The van der Waals surface area contributed by atoms with Crippen molar-refractivity contribution in [2.75, 3.05) is 13.7 Å². The van der Waals surface area contributed by atoms with Crippen molar-refractivity contribution < 1.29 is 14.3 Å². The van der Waals surface area contributed by atoms with Gasteiger partial charge in [-0.05, 0) is 50.1 Å². The van der Waals surface area contributed by atoms with E-state index in [4.69, 9.17) is 9.47 Å². The number of amides is 1. The minimum Gasteiger partial charge on any atom is -0.493 e. The highest BCUT2D eigenvalue weighted by Gasteiger charge is 2.13. The number of H-pyrrole nitrogens is 1. The molecule has 1 heterocycles. The van der Waals surface area contributed by atoms with Crippen LogP contribution in [0.25, 0.3) is 0 Å². The molecule has 1 amide bonds. The van der Waals surface area contributed by atoms with E-state index in [0.717, 1.165) is 24.1 Å². The van der Waals surface area contributed by atoms with Gasteiger partial charge in [0.2, 0.25) is 0 Å². The quantitative estimate of drug-likeness (QED) is 0.711. The Labute approximate surface area is 153 Å². The molecule has 0 unspecified atom stereocenters. The molecule has 1 aromatic heterocycles. The number of ether oxygens (including phenoxy) is 2. The Morgan fingerprint density at radius 3 is 2.62 bits per heavy atom. The third-order valence-electron chi connectivity index (χ3n) is 4.10.